The molecule has 0 spiro atoms. The highest BCUT2D eigenvalue weighted by molar-refractivity contribution is 14.1. The molecule has 0 aliphatic carbocycles. The molecule has 1 heterocycles. The lowest BCUT2D eigenvalue weighted by Crippen LogP contribution is -2.23. The molecule has 3 nitrogen and oxygen atoms in total. The van der Waals surface area contributed by atoms with Crippen LogP contribution in [-0.4, -0.2) is 10.9 Å². The zero-order chi connectivity index (χ0) is 13.1. The van der Waals surface area contributed by atoms with Crippen molar-refractivity contribution in [1.82, 2.24) is 4.57 Å². The van der Waals surface area contributed by atoms with E-state index in [1.165, 1.54) is 9.64 Å². The van der Waals surface area contributed by atoms with Crippen LogP contribution in [0.15, 0.2) is 41.3 Å². The van der Waals surface area contributed by atoms with Gasteiger partial charge in [0.2, 0.25) is 0 Å². The topological polar surface area (TPSA) is 39.1 Å². The van der Waals surface area contributed by atoms with Gasteiger partial charge in [-0.3, -0.25) is 9.59 Å². The van der Waals surface area contributed by atoms with Crippen molar-refractivity contribution in [1.29, 1.82) is 0 Å². The van der Waals surface area contributed by atoms with Crippen LogP contribution in [-0.2, 0) is 6.54 Å². The minimum absolute atomic E-state index is 0.192. The summed E-state index contributed by atoms with van der Waals surface area (Å²) in [5.74, 6) is 0. The molecule has 0 aliphatic rings. The maximum Gasteiger partial charge on any atom is 0.261 e. The van der Waals surface area contributed by atoms with Crippen LogP contribution < -0.4 is 5.56 Å². The summed E-state index contributed by atoms with van der Waals surface area (Å²) in [6.07, 6.45) is 2.29. The number of benzene rings is 1. The lowest BCUT2D eigenvalue weighted by atomic mass is 10.2. The number of rotatable bonds is 3. The van der Waals surface area contributed by atoms with Gasteiger partial charge in [-0.15, -0.1) is 0 Å². The SMILES string of the molecule is O=Cc1cccn(Cc2ccc(I)c(I)c2)c1=O. The lowest BCUT2D eigenvalue weighted by molar-refractivity contribution is 0.112. The summed E-state index contributed by atoms with van der Waals surface area (Å²) >= 11 is 4.53. The van der Waals surface area contributed by atoms with E-state index >= 15 is 0 Å². The van der Waals surface area contributed by atoms with Crippen molar-refractivity contribution < 1.29 is 4.79 Å². The molecule has 18 heavy (non-hydrogen) atoms. The molecule has 0 radical (unpaired) electrons. The van der Waals surface area contributed by atoms with Crippen molar-refractivity contribution in [2.45, 2.75) is 6.54 Å². The number of carbonyl (C=O) groups is 1. The fourth-order valence-corrected chi connectivity index (χ4v) is 2.52. The van der Waals surface area contributed by atoms with Crippen molar-refractivity contribution in [3.05, 3.63) is 65.1 Å². The molecule has 0 N–H and O–H groups in total. The van der Waals surface area contributed by atoms with E-state index in [-0.39, 0.29) is 11.1 Å². The van der Waals surface area contributed by atoms with Crippen molar-refractivity contribution in [2.24, 2.45) is 0 Å². The average Bonchev–Trinajstić information content (AvgIpc) is 2.36. The highest BCUT2D eigenvalue weighted by Crippen LogP contribution is 2.16. The predicted molar refractivity (Wildman–Crippen MR) is 87.1 cm³/mol. The first-order valence-corrected chi connectivity index (χ1v) is 7.36. The number of pyridine rings is 1. The number of hydrogen-bond acceptors (Lipinski definition) is 2. The number of carbonyl (C=O) groups excluding carboxylic acids is 1. The van der Waals surface area contributed by atoms with Gasteiger partial charge in [0.1, 0.15) is 0 Å². The Kier molecular flexibility index (Phi) is 4.55. The molecule has 1 aromatic heterocycles. The Morgan fingerprint density at radius 3 is 2.61 bits per heavy atom. The van der Waals surface area contributed by atoms with Crippen molar-refractivity contribution in [3.8, 4) is 0 Å². The molecular formula is C13H9I2NO2. The summed E-state index contributed by atoms with van der Waals surface area (Å²) in [7, 11) is 0. The van der Waals surface area contributed by atoms with E-state index < -0.39 is 0 Å². The van der Waals surface area contributed by atoms with Crippen molar-refractivity contribution >= 4 is 51.5 Å². The molecule has 0 aliphatic heterocycles. The maximum absolute atomic E-state index is 11.9. The quantitative estimate of drug-likeness (QED) is 0.517. The largest absolute Gasteiger partial charge is 0.311 e. The number of hydrogen-bond donors (Lipinski definition) is 0. The second-order valence-corrected chi connectivity index (χ2v) is 6.09. The molecule has 0 unspecified atom stereocenters. The molecule has 0 saturated carbocycles. The molecule has 0 bridgehead atoms. The van der Waals surface area contributed by atoms with Gasteiger partial charge in [-0.2, -0.15) is 0 Å². The summed E-state index contributed by atoms with van der Waals surface area (Å²) in [6, 6.07) is 9.30. The first-order chi connectivity index (χ1) is 8.61. The molecule has 5 heteroatoms. The van der Waals surface area contributed by atoms with Crippen LogP contribution >= 0.6 is 45.2 Å². The minimum Gasteiger partial charge on any atom is -0.311 e. The Bertz CT molecular complexity index is 650. The van der Waals surface area contributed by atoms with Gasteiger partial charge in [-0.1, -0.05) is 6.07 Å². The molecular weight excluding hydrogens is 456 g/mol. The van der Waals surface area contributed by atoms with Gasteiger partial charge < -0.3 is 4.57 Å². The van der Waals surface area contributed by atoms with E-state index in [9.17, 15) is 9.59 Å². The Morgan fingerprint density at radius 2 is 1.94 bits per heavy atom. The van der Waals surface area contributed by atoms with Crippen LogP contribution in [0.1, 0.15) is 15.9 Å². The normalized spacial score (nSPS) is 10.3. The maximum atomic E-state index is 11.9. The van der Waals surface area contributed by atoms with E-state index in [0.717, 1.165) is 9.13 Å². The van der Waals surface area contributed by atoms with Crippen molar-refractivity contribution in [3.63, 3.8) is 0 Å². The molecule has 0 atom stereocenters. The van der Waals surface area contributed by atoms with Gasteiger partial charge in [0.15, 0.2) is 6.29 Å². The molecule has 2 rings (SSSR count). The third-order valence-electron chi connectivity index (χ3n) is 2.51. The van der Waals surface area contributed by atoms with Crippen LogP contribution in [0.2, 0.25) is 0 Å². The molecule has 0 fully saturated rings. The lowest BCUT2D eigenvalue weighted by Gasteiger charge is -2.07. The van der Waals surface area contributed by atoms with Gasteiger partial charge in [-0.05, 0) is 75.0 Å². The van der Waals surface area contributed by atoms with E-state index in [1.54, 1.807) is 16.8 Å². The van der Waals surface area contributed by atoms with Crippen LogP contribution in [0.3, 0.4) is 0 Å². The Hall–Kier alpha value is -0.700. The second kappa shape index (κ2) is 5.96. The number of aldehydes is 1. The van der Waals surface area contributed by atoms with E-state index in [1.807, 2.05) is 18.2 Å². The summed E-state index contributed by atoms with van der Waals surface area (Å²) < 4.78 is 3.89. The predicted octanol–water partition coefficient (Wildman–Crippen LogP) is 2.92. The summed E-state index contributed by atoms with van der Waals surface area (Å²) in [5, 5.41) is 0. The molecule has 1 aromatic carbocycles. The van der Waals surface area contributed by atoms with E-state index in [0.29, 0.717) is 12.8 Å². The number of nitrogens with zero attached hydrogens (tertiary/aromatic N) is 1. The van der Waals surface area contributed by atoms with Crippen molar-refractivity contribution in [2.75, 3.05) is 0 Å². The number of aromatic nitrogens is 1. The summed E-state index contributed by atoms with van der Waals surface area (Å²) in [6.45, 7) is 0.480. The highest BCUT2D eigenvalue weighted by Gasteiger charge is 2.04. The van der Waals surface area contributed by atoms with Crippen LogP contribution in [0, 0.1) is 7.14 Å². The molecule has 2 aromatic rings. The van der Waals surface area contributed by atoms with Gasteiger partial charge >= 0.3 is 0 Å². The third kappa shape index (κ3) is 3.00. The van der Waals surface area contributed by atoms with Crippen LogP contribution in [0.25, 0.3) is 0 Å². The minimum atomic E-state index is -0.249. The van der Waals surface area contributed by atoms with Gasteiger partial charge in [-0.25, -0.2) is 0 Å². The fourth-order valence-electron chi connectivity index (χ4n) is 1.60. The zero-order valence-corrected chi connectivity index (χ0v) is 13.6. The Balaban J connectivity index is 2.37. The third-order valence-corrected chi connectivity index (χ3v) is 5.38. The fraction of sp³-hybridized carbons (Fsp3) is 0.0769. The van der Waals surface area contributed by atoms with Crippen LogP contribution in [0.4, 0.5) is 0 Å². The number of halogens is 2. The molecule has 0 amide bonds. The summed E-state index contributed by atoms with van der Waals surface area (Å²) in [4.78, 5) is 22.6. The highest BCUT2D eigenvalue weighted by atomic mass is 127. The first-order valence-electron chi connectivity index (χ1n) is 5.20. The van der Waals surface area contributed by atoms with Gasteiger partial charge in [0, 0.05) is 13.3 Å². The van der Waals surface area contributed by atoms with Gasteiger partial charge in [0.05, 0.1) is 12.1 Å². The van der Waals surface area contributed by atoms with E-state index in [2.05, 4.69) is 45.2 Å². The van der Waals surface area contributed by atoms with E-state index in [4.69, 9.17) is 0 Å². The summed E-state index contributed by atoms with van der Waals surface area (Å²) in [5.41, 5.74) is 0.990. The van der Waals surface area contributed by atoms with Gasteiger partial charge in [0.25, 0.3) is 5.56 Å². The Morgan fingerprint density at radius 1 is 1.17 bits per heavy atom. The standard InChI is InChI=1S/C13H9I2NO2/c14-11-4-3-9(6-12(11)15)7-16-5-1-2-10(8-17)13(16)18/h1-6,8H,7H2. The Labute approximate surface area is 131 Å². The second-order valence-electron chi connectivity index (χ2n) is 3.76. The average molecular weight is 465 g/mol. The monoisotopic (exact) mass is 465 g/mol. The first kappa shape index (κ1) is 13.7. The molecule has 92 valence electrons. The molecule has 0 saturated heterocycles. The smallest absolute Gasteiger partial charge is 0.261 e. The van der Waals surface area contributed by atoms with Crippen LogP contribution in [0.5, 0.6) is 0 Å². The zero-order valence-electron chi connectivity index (χ0n) is 9.27.